The molecule has 2 atom stereocenters. The molecule has 1 saturated heterocycles. The first-order valence-corrected chi connectivity index (χ1v) is 6.85. The summed E-state index contributed by atoms with van der Waals surface area (Å²) in [6.07, 6.45) is 0. The van der Waals surface area contributed by atoms with Gasteiger partial charge in [-0.2, -0.15) is 0 Å². The smallest absolute Gasteiger partial charge is 0.288 e. The molecule has 3 rings (SSSR count). The molecule has 0 radical (unpaired) electrons. The Morgan fingerprint density at radius 1 is 1.15 bits per heavy atom. The third-order valence-electron chi connectivity index (χ3n) is 3.73. The summed E-state index contributed by atoms with van der Waals surface area (Å²) in [5, 5.41) is 9.27. The molecular formula is C13H12N2O4S. The van der Waals surface area contributed by atoms with Gasteiger partial charge in [0.15, 0.2) is 5.60 Å². The Morgan fingerprint density at radius 3 is 2.40 bits per heavy atom. The molecular weight excluding hydrogens is 280 g/mol. The maximum absolute atomic E-state index is 12.4. The van der Waals surface area contributed by atoms with E-state index < -0.39 is 27.9 Å². The fourth-order valence-corrected chi connectivity index (χ4v) is 3.69. The van der Waals surface area contributed by atoms with E-state index in [0.29, 0.717) is 23.0 Å². The minimum Gasteiger partial charge on any atom is -0.374 e. The lowest BCUT2D eigenvalue weighted by atomic mass is 9.91. The van der Waals surface area contributed by atoms with Gasteiger partial charge in [0, 0.05) is 19.7 Å². The average molecular weight is 292 g/mol. The van der Waals surface area contributed by atoms with Gasteiger partial charge in [-0.3, -0.25) is 19.3 Å². The lowest BCUT2D eigenvalue weighted by Gasteiger charge is -2.25. The van der Waals surface area contributed by atoms with Crippen molar-refractivity contribution in [2.24, 2.45) is 0 Å². The quantitative estimate of drug-likeness (QED) is 0.817. The van der Waals surface area contributed by atoms with E-state index in [-0.39, 0.29) is 0 Å². The number of fused-ring (bicyclic) bond motifs is 1. The summed E-state index contributed by atoms with van der Waals surface area (Å²) >= 11 is 0.687. The van der Waals surface area contributed by atoms with Crippen molar-refractivity contribution in [2.75, 3.05) is 19.0 Å². The molecule has 0 saturated carbocycles. The predicted molar refractivity (Wildman–Crippen MR) is 73.3 cm³/mol. The third-order valence-corrected chi connectivity index (χ3v) is 4.99. The number of carbonyl (C=O) groups is 3. The van der Waals surface area contributed by atoms with Crippen LogP contribution in [0, 0.1) is 0 Å². The highest BCUT2D eigenvalue weighted by Crippen LogP contribution is 2.47. The van der Waals surface area contributed by atoms with Crippen molar-refractivity contribution < 1.29 is 19.5 Å². The summed E-state index contributed by atoms with van der Waals surface area (Å²) in [5.74, 6) is -1.14. The van der Waals surface area contributed by atoms with Crippen LogP contribution < -0.4 is 4.90 Å². The van der Waals surface area contributed by atoms with Gasteiger partial charge in [-0.05, 0) is 17.8 Å². The fraction of sp³-hybridized carbons (Fsp3) is 0.308. The van der Waals surface area contributed by atoms with E-state index in [1.54, 1.807) is 24.3 Å². The van der Waals surface area contributed by atoms with E-state index in [4.69, 9.17) is 0 Å². The number of benzene rings is 1. The van der Waals surface area contributed by atoms with E-state index in [1.807, 2.05) is 0 Å². The second-order valence-corrected chi connectivity index (χ2v) is 5.87. The van der Waals surface area contributed by atoms with Gasteiger partial charge in [0.25, 0.3) is 11.1 Å². The average Bonchev–Trinajstić information content (AvgIpc) is 2.82. The van der Waals surface area contributed by atoms with Crippen LogP contribution in [0.15, 0.2) is 24.3 Å². The molecule has 0 aliphatic carbocycles. The summed E-state index contributed by atoms with van der Waals surface area (Å²) in [6, 6.07) is 6.73. The molecule has 0 bridgehead atoms. The van der Waals surface area contributed by atoms with Crippen molar-refractivity contribution in [1.29, 1.82) is 0 Å². The van der Waals surface area contributed by atoms with E-state index in [0.717, 1.165) is 4.90 Å². The lowest BCUT2D eigenvalue weighted by Crippen LogP contribution is -2.49. The molecule has 0 aromatic heterocycles. The van der Waals surface area contributed by atoms with Crippen molar-refractivity contribution >= 4 is 34.5 Å². The highest BCUT2D eigenvalue weighted by Gasteiger charge is 2.60. The Labute approximate surface area is 119 Å². The van der Waals surface area contributed by atoms with Crippen LogP contribution in [0.2, 0.25) is 0 Å². The molecule has 2 heterocycles. The number of hydrogen-bond acceptors (Lipinski definition) is 5. The van der Waals surface area contributed by atoms with Crippen LogP contribution in [0.3, 0.4) is 0 Å². The molecule has 2 aliphatic heterocycles. The molecule has 0 spiro atoms. The summed E-state index contributed by atoms with van der Waals surface area (Å²) in [4.78, 5) is 38.4. The Balaban J connectivity index is 2.15. The first-order chi connectivity index (χ1) is 9.39. The first kappa shape index (κ1) is 13.1. The number of imide groups is 1. The Hall–Kier alpha value is -1.86. The maximum Gasteiger partial charge on any atom is 0.288 e. The zero-order valence-corrected chi connectivity index (χ0v) is 11.7. The highest BCUT2D eigenvalue weighted by molar-refractivity contribution is 8.15. The van der Waals surface area contributed by atoms with Gasteiger partial charge < -0.3 is 10.0 Å². The topological polar surface area (TPSA) is 77.9 Å². The van der Waals surface area contributed by atoms with Crippen molar-refractivity contribution in [3.05, 3.63) is 29.8 Å². The van der Waals surface area contributed by atoms with Crippen molar-refractivity contribution in [1.82, 2.24) is 4.90 Å². The van der Waals surface area contributed by atoms with Crippen LogP contribution in [-0.2, 0) is 15.2 Å². The molecule has 20 heavy (non-hydrogen) atoms. The van der Waals surface area contributed by atoms with Crippen LogP contribution in [0.4, 0.5) is 10.5 Å². The van der Waals surface area contributed by atoms with Gasteiger partial charge in [0.2, 0.25) is 5.91 Å². The van der Waals surface area contributed by atoms with Crippen LogP contribution >= 0.6 is 11.8 Å². The summed E-state index contributed by atoms with van der Waals surface area (Å²) in [7, 11) is 2.88. The van der Waals surface area contributed by atoms with Gasteiger partial charge in [-0.1, -0.05) is 18.2 Å². The minimum absolute atomic E-state index is 0.362. The van der Waals surface area contributed by atoms with Crippen molar-refractivity contribution in [3.63, 3.8) is 0 Å². The molecule has 6 nitrogen and oxygen atoms in total. The molecule has 1 fully saturated rings. The molecule has 0 unspecified atom stereocenters. The van der Waals surface area contributed by atoms with Crippen LogP contribution in [0.1, 0.15) is 5.56 Å². The number of para-hydroxylation sites is 1. The van der Waals surface area contributed by atoms with Gasteiger partial charge in [0.1, 0.15) is 5.25 Å². The van der Waals surface area contributed by atoms with Gasteiger partial charge >= 0.3 is 0 Å². The maximum atomic E-state index is 12.4. The second-order valence-electron chi connectivity index (χ2n) is 4.81. The number of aliphatic hydroxyl groups is 1. The number of hydrogen-bond donors (Lipinski definition) is 1. The summed E-state index contributed by atoms with van der Waals surface area (Å²) in [5.41, 5.74) is -1.08. The molecule has 1 N–H and O–H groups in total. The van der Waals surface area contributed by atoms with E-state index in [1.165, 1.54) is 19.0 Å². The van der Waals surface area contributed by atoms with E-state index in [2.05, 4.69) is 0 Å². The Kier molecular flexibility index (Phi) is 2.67. The normalized spacial score (nSPS) is 29.4. The first-order valence-electron chi connectivity index (χ1n) is 5.97. The number of rotatable bonds is 1. The number of thioether (sulfide) groups is 1. The molecule has 3 amide bonds. The zero-order chi connectivity index (χ0) is 14.7. The number of amides is 3. The highest BCUT2D eigenvalue weighted by atomic mass is 32.2. The van der Waals surface area contributed by atoms with Gasteiger partial charge in [-0.25, -0.2) is 0 Å². The van der Waals surface area contributed by atoms with Gasteiger partial charge in [0.05, 0.1) is 5.69 Å². The molecule has 1 aromatic carbocycles. The number of nitrogens with zero attached hydrogens (tertiary/aromatic N) is 2. The lowest BCUT2D eigenvalue weighted by molar-refractivity contribution is -0.143. The zero-order valence-electron chi connectivity index (χ0n) is 10.9. The third kappa shape index (κ3) is 1.41. The predicted octanol–water partition coefficient (Wildman–Crippen LogP) is 0.544. The Morgan fingerprint density at radius 2 is 1.80 bits per heavy atom. The SMILES string of the molecule is CN1C(=O)S[C@@H]([C@]2(O)C(=O)N(C)c3ccccc32)C1=O. The van der Waals surface area contributed by atoms with Crippen LogP contribution in [-0.4, -0.2) is 46.4 Å². The molecule has 1 aromatic rings. The number of carbonyl (C=O) groups excluding carboxylic acids is 3. The van der Waals surface area contributed by atoms with E-state index in [9.17, 15) is 19.5 Å². The number of anilines is 1. The molecule has 104 valence electrons. The molecule has 7 heteroatoms. The number of likely N-dealkylation sites (N-methyl/N-ethyl adjacent to an activating group) is 1. The van der Waals surface area contributed by atoms with Gasteiger partial charge in [-0.15, -0.1) is 0 Å². The monoisotopic (exact) mass is 292 g/mol. The summed E-state index contributed by atoms with van der Waals surface area (Å²) in [6.45, 7) is 0. The van der Waals surface area contributed by atoms with Crippen LogP contribution in [0.5, 0.6) is 0 Å². The Bertz CT molecular complexity index is 647. The van der Waals surface area contributed by atoms with Crippen molar-refractivity contribution in [2.45, 2.75) is 10.9 Å². The molecule has 2 aliphatic rings. The van der Waals surface area contributed by atoms with Crippen molar-refractivity contribution in [3.8, 4) is 0 Å². The van der Waals surface area contributed by atoms with Crippen LogP contribution in [0.25, 0.3) is 0 Å². The van der Waals surface area contributed by atoms with E-state index >= 15 is 0 Å². The largest absolute Gasteiger partial charge is 0.374 e. The summed E-state index contributed by atoms with van der Waals surface area (Å²) < 4.78 is 0. The minimum atomic E-state index is -1.99. The fourth-order valence-electron chi connectivity index (χ4n) is 2.58. The standard InChI is InChI=1S/C13H12N2O4S/c1-14-8-6-4-3-5-7(8)13(19,11(14)17)9-10(16)15(2)12(18)20-9/h3-6,9,19H,1-2H3/t9-,13+/m1/s1. The second kappa shape index (κ2) is 4.07.